The van der Waals surface area contributed by atoms with Crippen LogP contribution in [0, 0.1) is 0 Å². The zero-order chi connectivity index (χ0) is 26.3. The Morgan fingerprint density at radius 1 is 1.03 bits per heavy atom. The lowest BCUT2D eigenvalue weighted by Gasteiger charge is -2.32. The number of carbonyl (C=O) groups excluding carboxylic acids is 3. The van der Waals surface area contributed by atoms with Gasteiger partial charge in [-0.2, -0.15) is 0 Å². The standard InChI is InChI=1S/C25H34BN5O5/c1-24(2)25(3,4)36-26(35-24)20(12-8-11-17-9-6-5-7-10-17)31-22(33)18(15-21(27)32)30-23(34)19-16-28-13-14-29-19/h5-7,9-10,13-14,16,18,20H,8,11-12,15H2,1-4H3,(H2,27,32)(H,30,34)(H,31,33). The Morgan fingerprint density at radius 3 is 2.28 bits per heavy atom. The number of nitrogens with two attached hydrogens (primary N) is 1. The van der Waals surface area contributed by atoms with E-state index in [1.807, 2.05) is 58.0 Å². The van der Waals surface area contributed by atoms with Crippen molar-refractivity contribution in [1.82, 2.24) is 20.6 Å². The zero-order valence-corrected chi connectivity index (χ0v) is 21.2. The number of hydrogen-bond acceptors (Lipinski definition) is 7. The van der Waals surface area contributed by atoms with E-state index in [0.29, 0.717) is 6.42 Å². The molecule has 3 amide bonds. The minimum absolute atomic E-state index is 0.0186. The van der Waals surface area contributed by atoms with E-state index in [2.05, 4.69) is 20.6 Å². The number of aryl methyl sites for hydroxylation is 1. The number of benzene rings is 1. The average Bonchev–Trinajstić information content (AvgIpc) is 3.05. The summed E-state index contributed by atoms with van der Waals surface area (Å²) in [5, 5.41) is 5.47. The van der Waals surface area contributed by atoms with Crippen molar-refractivity contribution in [3.05, 3.63) is 60.2 Å². The molecule has 1 aromatic heterocycles. The third kappa shape index (κ3) is 7.11. The lowest BCUT2D eigenvalue weighted by atomic mass is 9.75. The summed E-state index contributed by atoms with van der Waals surface area (Å²) in [4.78, 5) is 45.4. The number of primary amides is 1. The molecule has 1 aromatic carbocycles. The Balaban J connectivity index is 1.74. The van der Waals surface area contributed by atoms with Crippen LogP contribution in [0.3, 0.4) is 0 Å². The van der Waals surface area contributed by atoms with Crippen LogP contribution in [0.4, 0.5) is 0 Å². The Hall–Kier alpha value is -3.31. The van der Waals surface area contributed by atoms with Crippen molar-refractivity contribution in [3.63, 3.8) is 0 Å². The van der Waals surface area contributed by atoms with E-state index in [-0.39, 0.29) is 12.1 Å². The first-order valence-electron chi connectivity index (χ1n) is 12.0. The van der Waals surface area contributed by atoms with Gasteiger partial charge in [0, 0.05) is 12.4 Å². The molecule has 1 aliphatic rings. The second-order valence-corrected chi connectivity index (χ2v) is 9.90. The van der Waals surface area contributed by atoms with Crippen LogP contribution < -0.4 is 16.4 Å². The van der Waals surface area contributed by atoms with E-state index >= 15 is 0 Å². The summed E-state index contributed by atoms with van der Waals surface area (Å²) in [6.07, 6.45) is 5.79. The van der Waals surface area contributed by atoms with Gasteiger partial charge in [-0.05, 0) is 52.5 Å². The molecule has 2 aromatic rings. The fourth-order valence-electron chi connectivity index (χ4n) is 3.84. The highest BCUT2D eigenvalue weighted by atomic mass is 16.7. The first-order valence-corrected chi connectivity index (χ1v) is 12.0. The summed E-state index contributed by atoms with van der Waals surface area (Å²) in [6, 6.07) is 8.83. The second kappa shape index (κ2) is 11.6. The lowest BCUT2D eigenvalue weighted by Crippen LogP contribution is -2.55. The first kappa shape index (κ1) is 27.3. The van der Waals surface area contributed by atoms with E-state index in [0.717, 1.165) is 12.8 Å². The number of amides is 3. The Morgan fingerprint density at radius 2 is 1.69 bits per heavy atom. The molecule has 2 atom stereocenters. The van der Waals surface area contributed by atoms with E-state index in [4.69, 9.17) is 15.0 Å². The van der Waals surface area contributed by atoms with Crippen LogP contribution in [0.2, 0.25) is 0 Å². The van der Waals surface area contributed by atoms with E-state index in [1.165, 1.54) is 24.2 Å². The first-order chi connectivity index (χ1) is 17.0. The van der Waals surface area contributed by atoms with Crippen LogP contribution in [-0.4, -0.2) is 58.0 Å². The molecule has 10 nitrogen and oxygen atoms in total. The van der Waals surface area contributed by atoms with Gasteiger partial charge in [0.25, 0.3) is 5.91 Å². The highest BCUT2D eigenvalue weighted by Crippen LogP contribution is 2.38. The molecule has 0 spiro atoms. The average molecular weight is 495 g/mol. The molecule has 192 valence electrons. The molecule has 4 N–H and O–H groups in total. The van der Waals surface area contributed by atoms with Gasteiger partial charge < -0.3 is 25.7 Å². The molecular weight excluding hydrogens is 461 g/mol. The highest BCUT2D eigenvalue weighted by Gasteiger charge is 2.54. The van der Waals surface area contributed by atoms with Crippen LogP contribution in [0.5, 0.6) is 0 Å². The van der Waals surface area contributed by atoms with Gasteiger partial charge in [-0.1, -0.05) is 30.3 Å². The quantitative estimate of drug-likeness (QED) is 0.402. The van der Waals surface area contributed by atoms with Gasteiger partial charge >= 0.3 is 7.12 Å². The monoisotopic (exact) mass is 495 g/mol. The van der Waals surface area contributed by atoms with Crippen molar-refractivity contribution >= 4 is 24.8 Å². The van der Waals surface area contributed by atoms with Gasteiger partial charge in [0.15, 0.2) is 0 Å². The molecule has 36 heavy (non-hydrogen) atoms. The number of aromatic nitrogens is 2. The minimum atomic E-state index is -1.20. The SMILES string of the molecule is CC1(C)OB(C(CCCc2ccccc2)NC(=O)C(CC(N)=O)NC(=O)c2cnccn2)OC1(C)C. The highest BCUT2D eigenvalue weighted by molar-refractivity contribution is 6.48. The summed E-state index contributed by atoms with van der Waals surface area (Å²) in [5.41, 5.74) is 5.38. The van der Waals surface area contributed by atoms with Crippen LogP contribution in [0.15, 0.2) is 48.9 Å². The summed E-state index contributed by atoms with van der Waals surface area (Å²) >= 11 is 0. The van der Waals surface area contributed by atoms with Crippen LogP contribution in [0.25, 0.3) is 0 Å². The van der Waals surface area contributed by atoms with E-state index in [1.54, 1.807) is 0 Å². The third-order valence-electron chi connectivity index (χ3n) is 6.57. The largest absolute Gasteiger partial charge is 0.481 e. The fraction of sp³-hybridized carbons (Fsp3) is 0.480. The summed E-state index contributed by atoms with van der Waals surface area (Å²) in [5.74, 6) is -2.46. The molecule has 0 bridgehead atoms. The maximum atomic E-state index is 13.3. The molecule has 0 radical (unpaired) electrons. The van der Waals surface area contributed by atoms with Crippen molar-refractivity contribution < 1.29 is 23.7 Å². The topological polar surface area (TPSA) is 146 Å². The molecule has 2 unspecified atom stereocenters. The van der Waals surface area contributed by atoms with Crippen molar-refractivity contribution in [2.75, 3.05) is 0 Å². The number of carbonyl (C=O) groups is 3. The molecule has 1 fully saturated rings. The maximum Gasteiger partial charge on any atom is 0.481 e. The summed E-state index contributed by atoms with van der Waals surface area (Å²) in [6.45, 7) is 7.75. The van der Waals surface area contributed by atoms with Gasteiger partial charge in [0.2, 0.25) is 11.8 Å². The van der Waals surface area contributed by atoms with Crippen molar-refractivity contribution in [3.8, 4) is 0 Å². The predicted molar refractivity (Wildman–Crippen MR) is 134 cm³/mol. The minimum Gasteiger partial charge on any atom is -0.402 e. The molecule has 0 saturated carbocycles. The predicted octanol–water partition coefficient (Wildman–Crippen LogP) is 1.59. The number of rotatable bonds is 11. The summed E-state index contributed by atoms with van der Waals surface area (Å²) in [7, 11) is -0.709. The summed E-state index contributed by atoms with van der Waals surface area (Å²) < 4.78 is 12.4. The Labute approximate surface area is 211 Å². The number of nitrogens with zero attached hydrogens (tertiary/aromatic N) is 2. The Kier molecular flexibility index (Phi) is 8.81. The van der Waals surface area contributed by atoms with Crippen molar-refractivity contribution in [2.45, 2.75) is 76.6 Å². The van der Waals surface area contributed by atoms with Crippen molar-refractivity contribution in [1.29, 1.82) is 0 Å². The molecular formula is C25H34BN5O5. The van der Waals surface area contributed by atoms with E-state index < -0.39 is 48.0 Å². The molecule has 1 aliphatic heterocycles. The van der Waals surface area contributed by atoms with Gasteiger partial charge in [0.1, 0.15) is 11.7 Å². The van der Waals surface area contributed by atoms with Crippen molar-refractivity contribution in [2.24, 2.45) is 5.73 Å². The lowest BCUT2D eigenvalue weighted by molar-refractivity contribution is -0.127. The molecule has 0 aliphatic carbocycles. The molecule has 11 heteroatoms. The number of hydrogen-bond donors (Lipinski definition) is 3. The van der Waals surface area contributed by atoms with E-state index in [9.17, 15) is 14.4 Å². The van der Waals surface area contributed by atoms with Gasteiger partial charge in [-0.25, -0.2) is 4.98 Å². The van der Waals surface area contributed by atoms with Gasteiger partial charge in [-0.3, -0.25) is 19.4 Å². The van der Waals surface area contributed by atoms with Crippen LogP contribution >= 0.6 is 0 Å². The smallest absolute Gasteiger partial charge is 0.402 e. The molecule has 1 saturated heterocycles. The van der Waals surface area contributed by atoms with Crippen LogP contribution in [-0.2, 0) is 25.3 Å². The normalized spacial score (nSPS) is 17.7. The van der Waals surface area contributed by atoms with Gasteiger partial charge in [0.05, 0.1) is 29.8 Å². The van der Waals surface area contributed by atoms with Crippen LogP contribution in [0.1, 0.15) is 63.0 Å². The Bertz CT molecular complexity index is 1040. The van der Waals surface area contributed by atoms with Gasteiger partial charge in [-0.15, -0.1) is 0 Å². The zero-order valence-electron chi connectivity index (χ0n) is 21.2. The maximum absolute atomic E-state index is 13.3. The third-order valence-corrected chi connectivity index (χ3v) is 6.57. The second-order valence-electron chi connectivity index (χ2n) is 9.90. The number of nitrogens with one attached hydrogen (secondary N) is 2. The molecule has 3 rings (SSSR count). The fourth-order valence-corrected chi connectivity index (χ4v) is 3.84. The molecule has 2 heterocycles.